The third-order valence-electron chi connectivity index (χ3n) is 2.44. The molecule has 1 N–H and O–H groups in total. The fourth-order valence-electron chi connectivity index (χ4n) is 1.59. The van der Waals surface area contributed by atoms with Crippen LogP contribution in [0.1, 0.15) is 17.2 Å². The zero-order valence-corrected chi connectivity index (χ0v) is 10.2. The Balaban J connectivity index is 2.44. The van der Waals surface area contributed by atoms with Crippen LogP contribution in [0.25, 0.3) is 0 Å². The van der Waals surface area contributed by atoms with Gasteiger partial charge in [-0.15, -0.1) is 0 Å². The first-order chi connectivity index (χ1) is 8.09. The van der Waals surface area contributed by atoms with Crippen LogP contribution in [0.15, 0.2) is 42.5 Å². The molecule has 1 nitrogen and oxygen atoms in total. The van der Waals surface area contributed by atoms with Crippen molar-refractivity contribution in [1.82, 2.24) is 0 Å². The second-order valence-electron chi connectivity index (χ2n) is 3.60. The molecule has 2 aromatic carbocycles. The fourth-order valence-corrected chi connectivity index (χ4v) is 2.00. The molecule has 0 saturated heterocycles. The summed E-state index contributed by atoms with van der Waals surface area (Å²) in [6, 6.07) is 10.7. The molecule has 0 spiro atoms. The second-order valence-corrected chi connectivity index (χ2v) is 4.39. The third kappa shape index (κ3) is 2.60. The van der Waals surface area contributed by atoms with Crippen molar-refractivity contribution < 1.29 is 9.50 Å². The minimum atomic E-state index is -0.989. The number of hydrogen-bond acceptors (Lipinski definition) is 1. The van der Waals surface area contributed by atoms with Crippen LogP contribution in [-0.4, -0.2) is 5.11 Å². The monoisotopic (exact) mass is 270 g/mol. The molecule has 0 fully saturated rings. The highest BCUT2D eigenvalue weighted by atomic mass is 35.5. The maximum atomic E-state index is 13.1. The topological polar surface area (TPSA) is 20.2 Å². The molecule has 0 aliphatic carbocycles. The zero-order valence-electron chi connectivity index (χ0n) is 8.70. The van der Waals surface area contributed by atoms with Gasteiger partial charge in [0.15, 0.2) is 0 Å². The molecule has 0 aliphatic heterocycles. The standard InChI is InChI=1S/C13H9Cl2FO/c14-11-6-2-5-10(12(11)15)13(17)8-3-1-4-9(16)7-8/h1-7,13,17H. The molecule has 1 unspecified atom stereocenters. The third-order valence-corrected chi connectivity index (χ3v) is 3.27. The smallest absolute Gasteiger partial charge is 0.123 e. The molecule has 0 aromatic heterocycles. The van der Waals surface area contributed by atoms with Gasteiger partial charge in [-0.1, -0.05) is 47.5 Å². The van der Waals surface area contributed by atoms with E-state index in [1.165, 1.54) is 18.2 Å². The van der Waals surface area contributed by atoms with Crippen LogP contribution in [0.5, 0.6) is 0 Å². The van der Waals surface area contributed by atoms with Crippen molar-refractivity contribution in [2.45, 2.75) is 6.10 Å². The summed E-state index contributed by atoms with van der Waals surface area (Å²) < 4.78 is 13.1. The number of halogens is 3. The lowest BCUT2D eigenvalue weighted by Gasteiger charge is -2.13. The van der Waals surface area contributed by atoms with E-state index < -0.39 is 11.9 Å². The molecule has 0 amide bonds. The van der Waals surface area contributed by atoms with Crippen LogP contribution >= 0.6 is 23.2 Å². The lowest BCUT2D eigenvalue weighted by Crippen LogP contribution is -2.01. The molecule has 0 aliphatic rings. The maximum Gasteiger partial charge on any atom is 0.123 e. The van der Waals surface area contributed by atoms with Crippen molar-refractivity contribution in [3.05, 3.63) is 69.5 Å². The first-order valence-corrected chi connectivity index (χ1v) is 5.72. The summed E-state index contributed by atoms with van der Waals surface area (Å²) in [7, 11) is 0. The molecular weight excluding hydrogens is 262 g/mol. The van der Waals surface area contributed by atoms with E-state index in [1.807, 2.05) is 0 Å². The molecule has 0 radical (unpaired) electrons. The summed E-state index contributed by atoms with van der Waals surface area (Å²) in [5, 5.41) is 10.8. The van der Waals surface area contributed by atoms with E-state index in [0.29, 0.717) is 16.1 Å². The summed E-state index contributed by atoms with van der Waals surface area (Å²) in [5.74, 6) is -0.403. The Morgan fingerprint density at radius 3 is 2.47 bits per heavy atom. The van der Waals surface area contributed by atoms with Crippen molar-refractivity contribution in [3.63, 3.8) is 0 Å². The van der Waals surface area contributed by atoms with Crippen LogP contribution in [0, 0.1) is 5.82 Å². The summed E-state index contributed by atoms with van der Waals surface area (Å²) in [6.07, 6.45) is -0.989. The van der Waals surface area contributed by atoms with E-state index in [2.05, 4.69) is 0 Å². The van der Waals surface area contributed by atoms with Crippen molar-refractivity contribution in [2.75, 3.05) is 0 Å². The van der Waals surface area contributed by atoms with Gasteiger partial charge in [0.2, 0.25) is 0 Å². The SMILES string of the molecule is OC(c1cccc(F)c1)c1cccc(Cl)c1Cl. The van der Waals surface area contributed by atoms with Crippen molar-refractivity contribution in [3.8, 4) is 0 Å². The summed E-state index contributed by atoms with van der Waals surface area (Å²) in [6.45, 7) is 0. The van der Waals surface area contributed by atoms with Crippen molar-refractivity contribution in [2.24, 2.45) is 0 Å². The molecule has 17 heavy (non-hydrogen) atoms. The summed E-state index contributed by atoms with van der Waals surface area (Å²) in [4.78, 5) is 0. The lowest BCUT2D eigenvalue weighted by atomic mass is 10.0. The van der Waals surface area contributed by atoms with Crippen LogP contribution in [0.3, 0.4) is 0 Å². The molecule has 4 heteroatoms. The highest BCUT2D eigenvalue weighted by Crippen LogP contribution is 2.33. The molecule has 1 atom stereocenters. The largest absolute Gasteiger partial charge is 0.384 e. The van der Waals surface area contributed by atoms with Gasteiger partial charge in [-0.3, -0.25) is 0 Å². The van der Waals surface area contributed by atoms with Crippen LogP contribution in [-0.2, 0) is 0 Å². The minimum Gasteiger partial charge on any atom is -0.384 e. The Morgan fingerprint density at radius 1 is 1.06 bits per heavy atom. The van der Waals surface area contributed by atoms with Crippen LogP contribution in [0.4, 0.5) is 4.39 Å². The predicted molar refractivity (Wildman–Crippen MR) is 66.9 cm³/mol. The Kier molecular flexibility index (Phi) is 3.67. The number of aliphatic hydroxyl groups excluding tert-OH is 1. The minimum absolute atomic E-state index is 0.283. The number of hydrogen-bond donors (Lipinski definition) is 1. The van der Waals surface area contributed by atoms with Crippen molar-refractivity contribution in [1.29, 1.82) is 0 Å². The average molecular weight is 271 g/mol. The second kappa shape index (κ2) is 5.05. The Labute approximate surface area is 108 Å². The van der Waals surface area contributed by atoms with E-state index in [1.54, 1.807) is 24.3 Å². The first-order valence-electron chi connectivity index (χ1n) is 4.97. The Hall–Kier alpha value is -1.09. The molecule has 88 valence electrons. The average Bonchev–Trinajstić information content (AvgIpc) is 2.32. The number of rotatable bonds is 2. The number of benzene rings is 2. The number of aliphatic hydroxyl groups is 1. The van der Waals surface area contributed by atoms with Gasteiger partial charge in [-0.2, -0.15) is 0 Å². The van der Waals surface area contributed by atoms with E-state index in [-0.39, 0.29) is 5.02 Å². The Bertz CT molecular complexity index is 543. The lowest BCUT2D eigenvalue weighted by molar-refractivity contribution is 0.220. The van der Waals surface area contributed by atoms with Crippen LogP contribution < -0.4 is 0 Å². The maximum absolute atomic E-state index is 13.1. The molecule has 0 saturated carbocycles. The normalized spacial score (nSPS) is 12.5. The van der Waals surface area contributed by atoms with Gasteiger partial charge in [0.1, 0.15) is 11.9 Å². The van der Waals surface area contributed by atoms with Crippen LogP contribution in [0.2, 0.25) is 10.0 Å². The fraction of sp³-hybridized carbons (Fsp3) is 0.0769. The quantitative estimate of drug-likeness (QED) is 0.867. The van der Waals surface area contributed by atoms with Gasteiger partial charge in [-0.25, -0.2) is 4.39 Å². The summed E-state index contributed by atoms with van der Waals surface area (Å²) >= 11 is 11.9. The molecule has 0 bridgehead atoms. The zero-order chi connectivity index (χ0) is 12.4. The highest BCUT2D eigenvalue weighted by Gasteiger charge is 2.15. The van der Waals surface area contributed by atoms with Gasteiger partial charge < -0.3 is 5.11 Å². The van der Waals surface area contributed by atoms with E-state index in [4.69, 9.17) is 23.2 Å². The molecular formula is C13H9Cl2FO. The van der Waals surface area contributed by atoms with E-state index in [9.17, 15) is 9.50 Å². The van der Waals surface area contributed by atoms with E-state index in [0.717, 1.165) is 0 Å². The van der Waals surface area contributed by atoms with Gasteiger partial charge in [-0.05, 0) is 23.8 Å². The Morgan fingerprint density at radius 2 is 1.76 bits per heavy atom. The first kappa shape index (κ1) is 12.4. The van der Waals surface area contributed by atoms with Gasteiger partial charge in [0.25, 0.3) is 0 Å². The van der Waals surface area contributed by atoms with Gasteiger partial charge >= 0.3 is 0 Å². The molecule has 2 rings (SSSR count). The van der Waals surface area contributed by atoms with Gasteiger partial charge in [0.05, 0.1) is 10.0 Å². The highest BCUT2D eigenvalue weighted by molar-refractivity contribution is 6.42. The van der Waals surface area contributed by atoms with Crippen molar-refractivity contribution >= 4 is 23.2 Å². The molecule has 2 aromatic rings. The molecule has 0 heterocycles. The van der Waals surface area contributed by atoms with Gasteiger partial charge in [0, 0.05) is 5.56 Å². The summed E-state index contributed by atoms with van der Waals surface area (Å²) in [5.41, 5.74) is 0.902. The van der Waals surface area contributed by atoms with E-state index >= 15 is 0 Å². The predicted octanol–water partition coefficient (Wildman–Crippen LogP) is 4.21.